The molecule has 0 saturated heterocycles. The van der Waals surface area contributed by atoms with Crippen LogP contribution in [0.4, 0.5) is 4.39 Å². The standard InChI is InChI=1S/C18H15ClFN3O2S.ClH/c19-7-16(24)21-8-11-4-5-12(15(20)6-11)9-22-18(25)14-3-1-2-13-10-23-26-17(13)14;/h1-6,10H,7-9H2,(H,21,24)(H,22,25);1H. The third-order valence-corrected chi connectivity index (χ3v) is 4.89. The number of carbonyl (C=O) groups excluding carboxylic acids is 2. The van der Waals surface area contributed by atoms with Gasteiger partial charge in [0.15, 0.2) is 0 Å². The number of nitrogens with one attached hydrogen (secondary N) is 2. The molecule has 5 nitrogen and oxygen atoms in total. The van der Waals surface area contributed by atoms with E-state index in [2.05, 4.69) is 15.0 Å². The Balaban J connectivity index is 0.00000261. The first-order chi connectivity index (χ1) is 12.6. The summed E-state index contributed by atoms with van der Waals surface area (Å²) in [5.74, 6) is -1.18. The van der Waals surface area contributed by atoms with Gasteiger partial charge in [-0.3, -0.25) is 9.59 Å². The highest BCUT2D eigenvalue weighted by molar-refractivity contribution is 7.13. The van der Waals surface area contributed by atoms with E-state index >= 15 is 0 Å². The molecular weight excluding hydrogens is 412 g/mol. The predicted octanol–water partition coefficient (Wildman–Crippen LogP) is 3.64. The molecular formula is C18H16Cl2FN3O2S. The van der Waals surface area contributed by atoms with Gasteiger partial charge < -0.3 is 10.6 Å². The Morgan fingerprint density at radius 1 is 1.15 bits per heavy atom. The molecule has 0 fully saturated rings. The molecule has 0 radical (unpaired) electrons. The topological polar surface area (TPSA) is 71.1 Å². The number of halogens is 3. The summed E-state index contributed by atoms with van der Waals surface area (Å²) in [6.45, 7) is 0.261. The van der Waals surface area contributed by atoms with Gasteiger partial charge in [0.25, 0.3) is 5.91 Å². The van der Waals surface area contributed by atoms with E-state index in [4.69, 9.17) is 11.6 Å². The largest absolute Gasteiger partial charge is 0.351 e. The van der Waals surface area contributed by atoms with Gasteiger partial charge in [-0.25, -0.2) is 4.39 Å². The second-order valence-corrected chi connectivity index (χ2v) is 6.64. The van der Waals surface area contributed by atoms with Crippen LogP contribution >= 0.6 is 35.5 Å². The fraction of sp³-hybridized carbons (Fsp3) is 0.167. The van der Waals surface area contributed by atoms with Crippen LogP contribution in [0.25, 0.3) is 10.1 Å². The summed E-state index contributed by atoms with van der Waals surface area (Å²) in [5, 5.41) is 6.20. The number of fused-ring (bicyclic) bond motifs is 1. The highest BCUT2D eigenvalue weighted by Crippen LogP contribution is 2.22. The van der Waals surface area contributed by atoms with Gasteiger partial charge in [0.05, 0.1) is 10.3 Å². The molecule has 0 spiro atoms. The van der Waals surface area contributed by atoms with E-state index in [1.54, 1.807) is 30.5 Å². The Morgan fingerprint density at radius 3 is 2.70 bits per heavy atom. The molecule has 0 aliphatic rings. The van der Waals surface area contributed by atoms with Gasteiger partial charge in [-0.15, -0.1) is 24.0 Å². The van der Waals surface area contributed by atoms with Crippen molar-refractivity contribution in [2.24, 2.45) is 0 Å². The van der Waals surface area contributed by atoms with Crippen molar-refractivity contribution in [3.05, 3.63) is 65.1 Å². The number of benzene rings is 2. The van der Waals surface area contributed by atoms with Crippen LogP contribution in [0.2, 0.25) is 0 Å². The quantitative estimate of drug-likeness (QED) is 0.589. The Labute approximate surface area is 170 Å². The molecule has 0 unspecified atom stereocenters. The van der Waals surface area contributed by atoms with E-state index in [1.807, 2.05) is 6.07 Å². The van der Waals surface area contributed by atoms with Crippen molar-refractivity contribution in [3.63, 3.8) is 0 Å². The summed E-state index contributed by atoms with van der Waals surface area (Å²) in [5.41, 5.74) is 1.50. The summed E-state index contributed by atoms with van der Waals surface area (Å²) in [4.78, 5) is 23.5. The highest BCUT2D eigenvalue weighted by Gasteiger charge is 2.12. The fourth-order valence-electron chi connectivity index (χ4n) is 2.44. The molecule has 1 heterocycles. The lowest BCUT2D eigenvalue weighted by molar-refractivity contribution is -0.118. The lowest BCUT2D eigenvalue weighted by Crippen LogP contribution is -2.24. The van der Waals surface area contributed by atoms with E-state index in [1.165, 1.54) is 17.6 Å². The number of nitrogens with zero attached hydrogens (tertiary/aromatic N) is 1. The van der Waals surface area contributed by atoms with Crippen molar-refractivity contribution in [1.29, 1.82) is 0 Å². The first-order valence-electron chi connectivity index (χ1n) is 7.80. The normalized spacial score (nSPS) is 10.3. The zero-order valence-corrected chi connectivity index (χ0v) is 16.4. The molecule has 0 aliphatic heterocycles. The second-order valence-electron chi connectivity index (χ2n) is 5.57. The summed E-state index contributed by atoms with van der Waals surface area (Å²) < 4.78 is 19.1. The number of aromatic nitrogens is 1. The average Bonchev–Trinajstić information content (AvgIpc) is 3.13. The smallest absolute Gasteiger partial charge is 0.253 e. The first-order valence-corrected chi connectivity index (χ1v) is 9.11. The minimum absolute atomic E-state index is 0. The predicted molar refractivity (Wildman–Crippen MR) is 107 cm³/mol. The number of alkyl halides is 1. The fourth-order valence-corrected chi connectivity index (χ4v) is 3.29. The maximum atomic E-state index is 14.2. The Hall–Kier alpha value is -2.22. The molecule has 3 rings (SSSR count). The summed E-state index contributed by atoms with van der Waals surface area (Å²) in [6, 6.07) is 10.0. The van der Waals surface area contributed by atoms with E-state index in [-0.39, 0.29) is 43.2 Å². The van der Waals surface area contributed by atoms with E-state index < -0.39 is 5.82 Å². The van der Waals surface area contributed by atoms with Gasteiger partial charge in [0.2, 0.25) is 5.91 Å². The number of amides is 2. The van der Waals surface area contributed by atoms with Gasteiger partial charge >= 0.3 is 0 Å². The van der Waals surface area contributed by atoms with E-state index in [0.717, 1.165) is 10.1 Å². The molecule has 2 N–H and O–H groups in total. The van der Waals surface area contributed by atoms with E-state index in [0.29, 0.717) is 16.7 Å². The second kappa shape index (κ2) is 9.64. The molecule has 2 aromatic carbocycles. The van der Waals surface area contributed by atoms with Crippen molar-refractivity contribution in [2.75, 3.05) is 5.88 Å². The van der Waals surface area contributed by atoms with Gasteiger partial charge in [0, 0.05) is 30.2 Å². The van der Waals surface area contributed by atoms with Gasteiger partial charge in [-0.1, -0.05) is 24.3 Å². The number of hydrogen-bond donors (Lipinski definition) is 2. The van der Waals surface area contributed by atoms with Crippen molar-refractivity contribution in [3.8, 4) is 0 Å². The SMILES string of the molecule is Cl.O=C(CCl)NCc1ccc(CNC(=O)c2cccc3cnsc23)c(F)c1. The van der Waals surface area contributed by atoms with Crippen LogP contribution in [0.1, 0.15) is 21.5 Å². The highest BCUT2D eigenvalue weighted by atomic mass is 35.5. The number of carbonyl (C=O) groups is 2. The molecule has 27 heavy (non-hydrogen) atoms. The van der Waals surface area contributed by atoms with Crippen LogP contribution < -0.4 is 10.6 Å². The average molecular weight is 428 g/mol. The van der Waals surface area contributed by atoms with Crippen LogP contribution in [0.3, 0.4) is 0 Å². The van der Waals surface area contributed by atoms with Crippen molar-refractivity contribution in [1.82, 2.24) is 15.0 Å². The number of rotatable bonds is 6. The van der Waals surface area contributed by atoms with E-state index in [9.17, 15) is 14.0 Å². The van der Waals surface area contributed by atoms with Gasteiger partial charge in [-0.2, -0.15) is 4.37 Å². The van der Waals surface area contributed by atoms with Crippen LogP contribution in [-0.4, -0.2) is 22.1 Å². The molecule has 0 saturated carbocycles. The lowest BCUT2D eigenvalue weighted by atomic mass is 10.1. The minimum Gasteiger partial charge on any atom is -0.351 e. The summed E-state index contributed by atoms with van der Waals surface area (Å²) in [7, 11) is 0. The van der Waals surface area contributed by atoms with Crippen LogP contribution in [0, 0.1) is 5.82 Å². The first kappa shape index (κ1) is 21.1. The molecule has 1 aromatic heterocycles. The summed E-state index contributed by atoms with van der Waals surface area (Å²) >= 11 is 6.65. The monoisotopic (exact) mass is 427 g/mol. The Morgan fingerprint density at radius 2 is 1.96 bits per heavy atom. The maximum absolute atomic E-state index is 14.2. The van der Waals surface area contributed by atoms with Crippen molar-refractivity contribution in [2.45, 2.75) is 13.1 Å². The zero-order valence-electron chi connectivity index (χ0n) is 14.0. The lowest BCUT2D eigenvalue weighted by Gasteiger charge is -2.09. The molecule has 3 aromatic rings. The molecule has 9 heteroatoms. The number of hydrogen-bond acceptors (Lipinski definition) is 4. The minimum atomic E-state index is -0.445. The van der Waals surface area contributed by atoms with Crippen LogP contribution in [0.15, 0.2) is 42.6 Å². The van der Waals surface area contributed by atoms with Crippen LogP contribution in [0.5, 0.6) is 0 Å². The third kappa shape index (κ3) is 5.15. The van der Waals surface area contributed by atoms with Gasteiger partial charge in [-0.05, 0) is 29.2 Å². The molecule has 0 atom stereocenters. The Kier molecular flexibility index (Phi) is 7.53. The van der Waals surface area contributed by atoms with Crippen molar-refractivity contribution < 1.29 is 14.0 Å². The molecule has 142 valence electrons. The molecule has 0 bridgehead atoms. The maximum Gasteiger partial charge on any atom is 0.253 e. The van der Waals surface area contributed by atoms with Crippen molar-refractivity contribution >= 4 is 57.4 Å². The zero-order chi connectivity index (χ0) is 18.5. The van der Waals surface area contributed by atoms with Gasteiger partial charge in [0.1, 0.15) is 11.7 Å². The van der Waals surface area contributed by atoms with Crippen LogP contribution in [-0.2, 0) is 17.9 Å². The molecule has 2 amide bonds. The Bertz CT molecular complexity index is 965. The summed E-state index contributed by atoms with van der Waals surface area (Å²) in [6.07, 6.45) is 1.71. The third-order valence-electron chi connectivity index (χ3n) is 3.79. The molecule has 0 aliphatic carbocycles.